The molecule has 3 aliphatic rings. The standard InChI is InChI=1S/C26H33F3N8O3.ClH/c1-25(2,31)22(38)35-7-9-36(10-8-35)23(39)32-20-5-6-37(24(40)33-20)16-4-3-15(19(11-16)26(27,28)29)12-34-13-17-18(14-34)21(17)30;/h3-6,11,17-18,21H,7-10,12-14,30-31H2,1-2H3,(H,32,33,39,40);1H. The van der Waals surface area contributed by atoms with Gasteiger partial charge in [0.15, 0.2) is 0 Å². The van der Waals surface area contributed by atoms with E-state index in [0.717, 1.165) is 10.6 Å². The van der Waals surface area contributed by atoms with E-state index in [0.29, 0.717) is 38.0 Å². The first-order chi connectivity index (χ1) is 18.7. The maximum absolute atomic E-state index is 14.0. The molecule has 3 amide bonds. The van der Waals surface area contributed by atoms with E-state index in [2.05, 4.69) is 10.3 Å². The Morgan fingerprint density at radius 2 is 1.66 bits per heavy atom. The first-order valence-corrected chi connectivity index (χ1v) is 13.1. The highest BCUT2D eigenvalue weighted by Gasteiger charge is 2.53. The average Bonchev–Trinajstić information content (AvgIpc) is 3.27. The van der Waals surface area contributed by atoms with Gasteiger partial charge in [-0.3, -0.25) is 19.6 Å². The smallest absolute Gasteiger partial charge is 0.338 e. The topological polar surface area (TPSA) is 143 Å². The number of alkyl halides is 3. The molecule has 2 atom stereocenters. The van der Waals surface area contributed by atoms with Crippen molar-refractivity contribution in [1.29, 1.82) is 0 Å². The Morgan fingerprint density at radius 3 is 2.22 bits per heavy atom. The lowest BCUT2D eigenvalue weighted by Gasteiger charge is -2.37. The summed E-state index contributed by atoms with van der Waals surface area (Å²) < 4.78 is 42.9. The first-order valence-electron chi connectivity index (χ1n) is 13.1. The molecule has 3 heterocycles. The van der Waals surface area contributed by atoms with Crippen molar-refractivity contribution in [3.05, 3.63) is 52.1 Å². The number of nitrogens with one attached hydrogen (secondary N) is 1. The Labute approximate surface area is 241 Å². The predicted molar refractivity (Wildman–Crippen MR) is 148 cm³/mol. The molecule has 0 bridgehead atoms. The van der Waals surface area contributed by atoms with Crippen molar-refractivity contribution < 1.29 is 22.8 Å². The second-order valence-corrected chi connectivity index (χ2v) is 11.3. The van der Waals surface area contributed by atoms with Crippen LogP contribution in [0.5, 0.6) is 0 Å². The van der Waals surface area contributed by atoms with Crippen molar-refractivity contribution in [2.24, 2.45) is 23.3 Å². The number of hydrogen-bond donors (Lipinski definition) is 3. The molecule has 1 aromatic carbocycles. The zero-order valence-corrected chi connectivity index (χ0v) is 23.5. The zero-order chi connectivity index (χ0) is 29.0. The van der Waals surface area contributed by atoms with E-state index >= 15 is 0 Å². The minimum atomic E-state index is -4.61. The molecule has 1 saturated carbocycles. The largest absolute Gasteiger partial charge is 0.416 e. The van der Waals surface area contributed by atoms with E-state index in [-0.39, 0.29) is 61.1 Å². The van der Waals surface area contributed by atoms with Gasteiger partial charge < -0.3 is 21.3 Å². The van der Waals surface area contributed by atoms with Gasteiger partial charge in [0.25, 0.3) is 0 Å². The van der Waals surface area contributed by atoms with Gasteiger partial charge in [0.05, 0.1) is 16.8 Å². The summed E-state index contributed by atoms with van der Waals surface area (Å²) >= 11 is 0. The third-order valence-electron chi connectivity index (χ3n) is 7.85. The van der Waals surface area contributed by atoms with Gasteiger partial charge in [0.2, 0.25) is 5.91 Å². The van der Waals surface area contributed by atoms with Gasteiger partial charge in [-0.1, -0.05) is 6.07 Å². The molecule has 1 aliphatic carbocycles. The summed E-state index contributed by atoms with van der Waals surface area (Å²) in [6, 6.07) is 4.78. The molecule has 11 nitrogen and oxygen atoms in total. The van der Waals surface area contributed by atoms with Crippen molar-refractivity contribution in [1.82, 2.24) is 24.3 Å². The van der Waals surface area contributed by atoms with Gasteiger partial charge in [0.1, 0.15) is 5.82 Å². The van der Waals surface area contributed by atoms with Crippen LogP contribution in [0.15, 0.2) is 35.3 Å². The van der Waals surface area contributed by atoms with Crippen LogP contribution in [0, 0.1) is 11.8 Å². The first kappa shape index (κ1) is 30.8. The van der Waals surface area contributed by atoms with Crippen LogP contribution in [0.2, 0.25) is 0 Å². The van der Waals surface area contributed by atoms with Gasteiger partial charge >= 0.3 is 17.9 Å². The number of urea groups is 1. The van der Waals surface area contributed by atoms with E-state index in [1.807, 2.05) is 4.90 Å². The highest BCUT2D eigenvalue weighted by molar-refractivity contribution is 5.89. The van der Waals surface area contributed by atoms with E-state index in [9.17, 15) is 27.6 Å². The average molecular weight is 599 g/mol. The maximum Gasteiger partial charge on any atom is 0.416 e. The third kappa shape index (κ3) is 6.50. The van der Waals surface area contributed by atoms with Crippen LogP contribution in [0.1, 0.15) is 25.0 Å². The molecule has 2 saturated heterocycles. The van der Waals surface area contributed by atoms with Crippen LogP contribution in [-0.2, 0) is 17.5 Å². The predicted octanol–water partition coefficient (Wildman–Crippen LogP) is 1.48. The van der Waals surface area contributed by atoms with Gasteiger partial charge in [-0.25, -0.2) is 9.59 Å². The number of halogens is 4. The highest BCUT2D eigenvalue weighted by Crippen LogP contribution is 2.44. The van der Waals surface area contributed by atoms with Crippen LogP contribution in [0.4, 0.5) is 23.8 Å². The summed E-state index contributed by atoms with van der Waals surface area (Å²) in [5.41, 5.74) is 9.30. The van der Waals surface area contributed by atoms with Crippen molar-refractivity contribution in [2.75, 3.05) is 44.6 Å². The molecule has 2 aromatic rings. The summed E-state index contributed by atoms with van der Waals surface area (Å²) in [5.74, 6) is 0.465. The van der Waals surface area contributed by atoms with Crippen LogP contribution >= 0.6 is 12.4 Å². The molecule has 2 aliphatic heterocycles. The summed E-state index contributed by atoms with van der Waals surface area (Å²) in [6.07, 6.45) is -3.33. The number of fused-ring (bicyclic) bond motifs is 1. The Kier molecular flexibility index (Phi) is 8.42. The molecule has 5 N–H and O–H groups in total. The number of piperidine rings is 1. The summed E-state index contributed by atoms with van der Waals surface area (Å²) in [5, 5.41) is 2.54. The van der Waals surface area contributed by atoms with Crippen molar-refractivity contribution in [3.63, 3.8) is 0 Å². The number of piperazine rings is 1. The molecule has 0 radical (unpaired) electrons. The quantitative estimate of drug-likeness (QED) is 0.473. The molecule has 2 unspecified atom stereocenters. The molecule has 15 heteroatoms. The van der Waals surface area contributed by atoms with Crippen molar-refractivity contribution in [2.45, 2.75) is 38.1 Å². The van der Waals surface area contributed by atoms with Gasteiger partial charge in [-0.15, -0.1) is 12.4 Å². The van der Waals surface area contributed by atoms with Gasteiger partial charge in [0, 0.05) is 58.1 Å². The monoisotopic (exact) mass is 598 g/mol. The molecule has 5 rings (SSSR count). The van der Waals surface area contributed by atoms with Crippen molar-refractivity contribution in [3.8, 4) is 5.69 Å². The van der Waals surface area contributed by atoms with E-state index in [1.54, 1.807) is 18.7 Å². The third-order valence-corrected chi connectivity index (χ3v) is 7.85. The minimum Gasteiger partial charge on any atom is -0.338 e. The lowest BCUT2D eigenvalue weighted by molar-refractivity contribution is -0.138. The summed E-state index contributed by atoms with van der Waals surface area (Å²) in [6.45, 7) is 5.91. The minimum absolute atomic E-state index is 0. The number of nitrogens with two attached hydrogens (primary N) is 2. The molecule has 1 aromatic heterocycles. The number of amides is 3. The SMILES string of the molecule is CC(C)(N)C(=O)N1CCN(C(=O)Nc2ccn(-c3ccc(CN4CC5C(N)C5C4)c(C(F)(F)F)c3)c(=O)n2)CC1.Cl. The van der Waals surface area contributed by atoms with Gasteiger partial charge in [-0.2, -0.15) is 18.2 Å². The number of anilines is 1. The Hall–Kier alpha value is -3.20. The number of carbonyl (C=O) groups is 2. The lowest BCUT2D eigenvalue weighted by Crippen LogP contribution is -2.58. The number of benzene rings is 1. The summed E-state index contributed by atoms with van der Waals surface area (Å²) in [7, 11) is 0. The second kappa shape index (κ2) is 11.2. The van der Waals surface area contributed by atoms with Crippen LogP contribution in [-0.4, -0.2) is 87.0 Å². The van der Waals surface area contributed by atoms with Crippen LogP contribution in [0.3, 0.4) is 0 Å². The number of aromatic nitrogens is 2. The van der Waals surface area contributed by atoms with E-state index in [4.69, 9.17) is 11.5 Å². The molecule has 0 spiro atoms. The maximum atomic E-state index is 14.0. The fraction of sp³-hybridized carbons (Fsp3) is 0.538. The molecule has 41 heavy (non-hydrogen) atoms. The normalized spacial score (nSPS) is 22.7. The van der Waals surface area contributed by atoms with E-state index in [1.165, 1.54) is 29.3 Å². The lowest BCUT2D eigenvalue weighted by atomic mass is 10.0. The zero-order valence-electron chi connectivity index (χ0n) is 22.7. The van der Waals surface area contributed by atoms with Gasteiger partial charge in [-0.05, 0) is 49.4 Å². The van der Waals surface area contributed by atoms with E-state index < -0.39 is 29.0 Å². The van der Waals surface area contributed by atoms with Crippen LogP contribution in [0.25, 0.3) is 5.69 Å². The highest BCUT2D eigenvalue weighted by atomic mass is 35.5. The number of nitrogens with zero attached hydrogens (tertiary/aromatic N) is 5. The number of likely N-dealkylation sites (tertiary alicyclic amines) is 1. The number of carbonyl (C=O) groups excluding carboxylic acids is 2. The second-order valence-electron chi connectivity index (χ2n) is 11.3. The molecule has 3 fully saturated rings. The fourth-order valence-corrected chi connectivity index (χ4v) is 5.52. The Balaban J connectivity index is 0.00000387. The molecular weight excluding hydrogens is 565 g/mol. The Morgan fingerprint density at radius 1 is 1.05 bits per heavy atom. The fourth-order valence-electron chi connectivity index (χ4n) is 5.52. The van der Waals surface area contributed by atoms with Crippen LogP contribution < -0.4 is 22.5 Å². The number of rotatable bonds is 5. The van der Waals surface area contributed by atoms with Crippen molar-refractivity contribution >= 4 is 30.2 Å². The number of hydrogen-bond acceptors (Lipinski definition) is 7. The molecular formula is C26H34ClF3N8O3. The Bertz CT molecular complexity index is 1360. The summed E-state index contributed by atoms with van der Waals surface area (Å²) in [4.78, 5) is 46.6. The molecule has 224 valence electrons.